The molecular formula is C30H25ClO2. The number of rotatable bonds is 8. The second-order valence-electron chi connectivity index (χ2n) is 8.06. The summed E-state index contributed by atoms with van der Waals surface area (Å²) >= 11 is 6.41. The van der Waals surface area contributed by atoms with E-state index >= 15 is 0 Å². The SMILES string of the molecule is Clc1ccc2c(OCCc3ccccc3)c3ccccc3c(OCCc3ccccc3)c2c1. The molecule has 5 aromatic carbocycles. The maximum Gasteiger partial charge on any atom is 0.135 e. The summed E-state index contributed by atoms with van der Waals surface area (Å²) in [5.74, 6) is 1.73. The highest BCUT2D eigenvalue weighted by Crippen LogP contribution is 2.43. The van der Waals surface area contributed by atoms with E-state index in [0.717, 1.165) is 45.9 Å². The van der Waals surface area contributed by atoms with Crippen LogP contribution in [0.1, 0.15) is 11.1 Å². The first kappa shape index (κ1) is 21.4. The van der Waals surface area contributed by atoms with Gasteiger partial charge in [-0.1, -0.05) is 96.5 Å². The van der Waals surface area contributed by atoms with Crippen molar-refractivity contribution in [1.82, 2.24) is 0 Å². The lowest BCUT2D eigenvalue weighted by atomic mass is 10.0. The van der Waals surface area contributed by atoms with Gasteiger partial charge in [-0.3, -0.25) is 0 Å². The fourth-order valence-electron chi connectivity index (χ4n) is 4.21. The molecule has 0 amide bonds. The predicted octanol–water partition coefficient (Wildman–Crippen LogP) is 7.89. The zero-order valence-corrected chi connectivity index (χ0v) is 19.1. The Balaban J connectivity index is 1.50. The Morgan fingerprint density at radius 1 is 0.485 bits per heavy atom. The minimum atomic E-state index is 0.587. The van der Waals surface area contributed by atoms with Crippen molar-refractivity contribution in [2.24, 2.45) is 0 Å². The van der Waals surface area contributed by atoms with Gasteiger partial charge in [-0.05, 0) is 29.3 Å². The van der Waals surface area contributed by atoms with Gasteiger partial charge in [0.1, 0.15) is 11.5 Å². The van der Waals surface area contributed by atoms with Gasteiger partial charge in [-0.15, -0.1) is 0 Å². The quantitative estimate of drug-likeness (QED) is 0.223. The van der Waals surface area contributed by atoms with Gasteiger partial charge in [-0.25, -0.2) is 0 Å². The summed E-state index contributed by atoms with van der Waals surface area (Å²) in [6.45, 7) is 1.18. The van der Waals surface area contributed by atoms with Crippen LogP contribution in [0.4, 0.5) is 0 Å². The lowest BCUT2D eigenvalue weighted by molar-refractivity contribution is 0.324. The van der Waals surface area contributed by atoms with E-state index in [2.05, 4.69) is 60.7 Å². The van der Waals surface area contributed by atoms with Gasteiger partial charge in [0, 0.05) is 39.4 Å². The monoisotopic (exact) mass is 452 g/mol. The molecule has 2 nitrogen and oxygen atoms in total. The highest BCUT2D eigenvalue weighted by atomic mass is 35.5. The van der Waals surface area contributed by atoms with E-state index in [1.54, 1.807) is 0 Å². The molecular weight excluding hydrogens is 428 g/mol. The minimum Gasteiger partial charge on any atom is -0.492 e. The molecule has 0 saturated carbocycles. The number of hydrogen-bond acceptors (Lipinski definition) is 2. The Morgan fingerprint density at radius 3 is 1.48 bits per heavy atom. The Kier molecular flexibility index (Phi) is 6.46. The highest BCUT2D eigenvalue weighted by molar-refractivity contribution is 6.31. The van der Waals surface area contributed by atoms with Crippen LogP contribution >= 0.6 is 11.6 Å². The Labute approximate surface area is 199 Å². The van der Waals surface area contributed by atoms with Gasteiger partial charge in [0.05, 0.1) is 13.2 Å². The third kappa shape index (κ3) is 4.81. The molecule has 0 N–H and O–H groups in total. The largest absolute Gasteiger partial charge is 0.492 e. The van der Waals surface area contributed by atoms with Crippen molar-refractivity contribution >= 4 is 33.1 Å². The van der Waals surface area contributed by atoms with Crippen LogP contribution in [0.25, 0.3) is 21.5 Å². The smallest absolute Gasteiger partial charge is 0.135 e. The number of hydrogen-bond donors (Lipinski definition) is 0. The van der Waals surface area contributed by atoms with E-state index in [1.165, 1.54) is 11.1 Å². The molecule has 0 aromatic heterocycles. The second-order valence-corrected chi connectivity index (χ2v) is 8.50. The molecule has 0 unspecified atom stereocenters. The number of benzene rings is 5. The maximum absolute atomic E-state index is 6.41. The van der Waals surface area contributed by atoms with Crippen LogP contribution < -0.4 is 9.47 Å². The van der Waals surface area contributed by atoms with Gasteiger partial charge in [0.25, 0.3) is 0 Å². The molecule has 33 heavy (non-hydrogen) atoms. The van der Waals surface area contributed by atoms with Gasteiger partial charge in [0.2, 0.25) is 0 Å². The molecule has 0 bridgehead atoms. The van der Waals surface area contributed by atoms with Crippen LogP contribution in [-0.4, -0.2) is 13.2 Å². The summed E-state index contributed by atoms with van der Waals surface area (Å²) in [5, 5.41) is 4.76. The van der Waals surface area contributed by atoms with Crippen LogP contribution in [0.15, 0.2) is 103 Å². The van der Waals surface area contributed by atoms with E-state index in [-0.39, 0.29) is 0 Å². The molecule has 0 heterocycles. The molecule has 0 radical (unpaired) electrons. The lowest BCUT2D eigenvalue weighted by Gasteiger charge is -2.18. The van der Waals surface area contributed by atoms with Gasteiger partial charge in [-0.2, -0.15) is 0 Å². The van der Waals surface area contributed by atoms with Gasteiger partial charge in [0.15, 0.2) is 0 Å². The van der Waals surface area contributed by atoms with E-state index in [0.29, 0.717) is 18.2 Å². The van der Waals surface area contributed by atoms with E-state index < -0.39 is 0 Å². The van der Waals surface area contributed by atoms with E-state index in [4.69, 9.17) is 21.1 Å². The second kappa shape index (κ2) is 9.97. The normalized spacial score (nSPS) is 11.1. The van der Waals surface area contributed by atoms with Crippen molar-refractivity contribution in [2.75, 3.05) is 13.2 Å². The third-order valence-electron chi connectivity index (χ3n) is 5.85. The lowest BCUT2D eigenvalue weighted by Crippen LogP contribution is -2.05. The van der Waals surface area contributed by atoms with Crippen molar-refractivity contribution in [3.8, 4) is 11.5 Å². The summed E-state index contributed by atoms with van der Waals surface area (Å²) < 4.78 is 12.8. The zero-order valence-electron chi connectivity index (χ0n) is 18.3. The third-order valence-corrected chi connectivity index (χ3v) is 6.08. The van der Waals surface area contributed by atoms with Crippen molar-refractivity contribution in [2.45, 2.75) is 12.8 Å². The summed E-state index contributed by atoms with van der Waals surface area (Å²) in [4.78, 5) is 0. The van der Waals surface area contributed by atoms with Crippen molar-refractivity contribution < 1.29 is 9.47 Å². The van der Waals surface area contributed by atoms with Crippen molar-refractivity contribution in [3.63, 3.8) is 0 Å². The Morgan fingerprint density at radius 2 is 0.939 bits per heavy atom. The number of halogens is 1. The van der Waals surface area contributed by atoms with E-state index in [9.17, 15) is 0 Å². The molecule has 0 aliphatic carbocycles. The first-order valence-corrected chi connectivity index (χ1v) is 11.6. The molecule has 0 saturated heterocycles. The summed E-state index contributed by atoms with van der Waals surface area (Å²) in [7, 11) is 0. The summed E-state index contributed by atoms with van der Waals surface area (Å²) in [6, 6.07) is 35.0. The molecule has 0 fully saturated rings. The van der Waals surface area contributed by atoms with Crippen LogP contribution in [0.3, 0.4) is 0 Å². The Hall–Kier alpha value is -3.49. The number of ether oxygens (including phenoxy) is 2. The molecule has 0 aliphatic heterocycles. The van der Waals surface area contributed by atoms with Crippen LogP contribution in [0.5, 0.6) is 11.5 Å². The first-order valence-electron chi connectivity index (χ1n) is 11.3. The number of fused-ring (bicyclic) bond motifs is 2. The summed E-state index contributed by atoms with van der Waals surface area (Å²) in [5.41, 5.74) is 2.51. The van der Waals surface area contributed by atoms with Gasteiger partial charge < -0.3 is 9.47 Å². The predicted molar refractivity (Wildman–Crippen MR) is 138 cm³/mol. The topological polar surface area (TPSA) is 18.5 Å². The highest BCUT2D eigenvalue weighted by Gasteiger charge is 2.16. The first-order chi connectivity index (χ1) is 16.3. The standard InChI is InChI=1S/C30H25ClO2/c31-24-15-16-27-28(21-24)30(33-20-18-23-11-5-2-6-12-23)26-14-8-7-13-25(26)29(27)32-19-17-22-9-3-1-4-10-22/h1-16,21H,17-20H2. The molecule has 5 rings (SSSR count). The molecule has 164 valence electrons. The molecule has 3 heteroatoms. The van der Waals surface area contributed by atoms with Crippen LogP contribution in [0.2, 0.25) is 5.02 Å². The summed E-state index contributed by atoms with van der Waals surface area (Å²) in [6.07, 6.45) is 1.69. The zero-order chi connectivity index (χ0) is 22.5. The van der Waals surface area contributed by atoms with E-state index in [1.807, 2.05) is 42.5 Å². The van der Waals surface area contributed by atoms with Crippen molar-refractivity contribution in [1.29, 1.82) is 0 Å². The van der Waals surface area contributed by atoms with Gasteiger partial charge >= 0.3 is 0 Å². The average Bonchev–Trinajstić information content (AvgIpc) is 2.86. The Bertz CT molecular complexity index is 1360. The maximum atomic E-state index is 6.41. The van der Waals surface area contributed by atoms with Crippen LogP contribution in [-0.2, 0) is 12.8 Å². The molecule has 0 atom stereocenters. The average molecular weight is 453 g/mol. The minimum absolute atomic E-state index is 0.587. The van der Waals surface area contributed by atoms with Crippen LogP contribution in [0, 0.1) is 0 Å². The fraction of sp³-hybridized carbons (Fsp3) is 0.133. The molecule has 0 spiro atoms. The molecule has 0 aliphatic rings. The van der Waals surface area contributed by atoms with Crippen molar-refractivity contribution in [3.05, 3.63) is 119 Å². The fourth-order valence-corrected chi connectivity index (χ4v) is 4.39. The molecule has 5 aromatic rings.